The monoisotopic (exact) mass is 1030 g/mol. The molecule has 0 spiro atoms. The smallest absolute Gasteiger partial charge is 0.407 e. The van der Waals surface area contributed by atoms with E-state index in [1.165, 1.54) is 4.90 Å². The van der Waals surface area contributed by atoms with Crippen LogP contribution in [0.25, 0.3) is 10.9 Å². The van der Waals surface area contributed by atoms with Gasteiger partial charge in [0.25, 0.3) is 0 Å². The number of H-pyrrole nitrogens is 1. The predicted octanol–water partition coefficient (Wildman–Crippen LogP) is 6.12. The van der Waals surface area contributed by atoms with Gasteiger partial charge in [-0.15, -0.1) is 0 Å². The van der Waals surface area contributed by atoms with Gasteiger partial charge in [-0.3, -0.25) is 28.8 Å². The number of hydrogen-bond acceptors (Lipinski definition) is 9. The van der Waals surface area contributed by atoms with Crippen LogP contribution in [-0.4, -0.2) is 112 Å². The Morgan fingerprint density at radius 2 is 1.15 bits per heavy atom. The van der Waals surface area contributed by atoms with Crippen LogP contribution in [0.2, 0.25) is 0 Å². The lowest BCUT2D eigenvalue weighted by molar-refractivity contribution is -0.145. The fourth-order valence-corrected chi connectivity index (χ4v) is 9.08. The number of ether oxygens (including phenoxy) is 2. The summed E-state index contributed by atoms with van der Waals surface area (Å²) in [6, 6.07) is 27.6. The maximum atomic E-state index is 15.4. The summed E-state index contributed by atoms with van der Waals surface area (Å²) in [5, 5.41) is 18.1. The van der Waals surface area contributed by atoms with Gasteiger partial charge >= 0.3 is 6.09 Å². The number of hydrogen-bond donors (Lipinski definition) is 7. The molecule has 0 bridgehead atoms. The second-order valence-corrected chi connectivity index (χ2v) is 21.1. The van der Waals surface area contributed by atoms with E-state index in [0.29, 0.717) is 35.1 Å². The highest BCUT2D eigenvalue weighted by Gasteiger charge is 2.39. The van der Waals surface area contributed by atoms with E-state index in [1.807, 2.05) is 115 Å². The van der Waals surface area contributed by atoms with Crippen molar-refractivity contribution in [3.8, 4) is 0 Å². The minimum atomic E-state index is -1.42. The summed E-state index contributed by atoms with van der Waals surface area (Å²) in [5.74, 6) is -4.12. The fourth-order valence-electron chi connectivity index (χ4n) is 9.08. The predicted molar refractivity (Wildman–Crippen MR) is 287 cm³/mol. The molecule has 17 nitrogen and oxygen atoms in total. The van der Waals surface area contributed by atoms with Crippen LogP contribution in [0.3, 0.4) is 0 Å². The Labute approximate surface area is 440 Å². The molecule has 7 amide bonds. The number of para-hydroxylation sites is 1. The first kappa shape index (κ1) is 56.8. The van der Waals surface area contributed by atoms with E-state index in [9.17, 15) is 24.0 Å². The molecule has 7 N–H and O–H groups in total. The molecule has 1 fully saturated rings. The van der Waals surface area contributed by atoms with Gasteiger partial charge in [0.1, 0.15) is 42.4 Å². The van der Waals surface area contributed by atoms with Gasteiger partial charge < -0.3 is 51.3 Å². The average molecular weight is 1030 g/mol. The molecule has 400 valence electrons. The molecule has 0 saturated carbocycles. The highest BCUT2D eigenvalue weighted by molar-refractivity contribution is 5.98. The van der Waals surface area contributed by atoms with Crippen LogP contribution >= 0.6 is 0 Å². The number of rotatable bonds is 15. The number of amides is 7. The Morgan fingerprint density at radius 1 is 0.613 bits per heavy atom. The number of carbonyl (C=O) groups excluding carboxylic acids is 7. The molecule has 1 aliphatic heterocycles. The number of aromatic nitrogens is 1. The molecule has 0 unspecified atom stereocenters. The number of aromatic amines is 1. The van der Waals surface area contributed by atoms with Crippen molar-refractivity contribution in [2.75, 3.05) is 13.1 Å². The van der Waals surface area contributed by atoms with Gasteiger partial charge in [0.05, 0.1) is 17.7 Å². The second kappa shape index (κ2) is 26.1. The molecule has 1 aromatic heterocycles. The number of nitrogens with one attached hydrogen (secondary N) is 7. The average Bonchev–Trinajstić information content (AvgIpc) is 3.77. The Morgan fingerprint density at radius 3 is 1.76 bits per heavy atom. The molecule has 75 heavy (non-hydrogen) atoms. The van der Waals surface area contributed by atoms with Crippen molar-refractivity contribution in [2.45, 2.75) is 147 Å². The van der Waals surface area contributed by atoms with Crippen molar-refractivity contribution in [1.82, 2.24) is 41.8 Å². The zero-order chi connectivity index (χ0) is 54.3. The molecule has 2 heterocycles. The van der Waals surface area contributed by atoms with E-state index in [-0.39, 0.29) is 32.2 Å². The van der Waals surface area contributed by atoms with E-state index in [0.717, 1.165) is 10.9 Å². The maximum absolute atomic E-state index is 15.4. The van der Waals surface area contributed by atoms with Crippen molar-refractivity contribution in [2.24, 2.45) is 0 Å². The van der Waals surface area contributed by atoms with Gasteiger partial charge in [0.2, 0.25) is 35.4 Å². The number of nitrogens with zero attached hydrogens (tertiary/aromatic N) is 1. The fraction of sp³-hybridized carbons (Fsp3) is 0.431. The molecule has 0 radical (unpaired) electrons. The summed E-state index contributed by atoms with van der Waals surface area (Å²) in [6.45, 7) is 13.8. The van der Waals surface area contributed by atoms with Crippen LogP contribution in [0, 0.1) is 0 Å². The van der Waals surface area contributed by atoms with Crippen LogP contribution in [0.5, 0.6) is 0 Å². The molecule has 1 saturated heterocycles. The molecule has 7 atom stereocenters. The molecule has 1 aliphatic rings. The van der Waals surface area contributed by atoms with Gasteiger partial charge in [-0.1, -0.05) is 109 Å². The summed E-state index contributed by atoms with van der Waals surface area (Å²) in [5.41, 5.74) is 2.12. The van der Waals surface area contributed by atoms with E-state index >= 15 is 9.59 Å². The molecular formula is C58H74N8O9. The number of unbranched alkanes of at least 4 members (excludes halogenated alkanes) is 1. The molecule has 6 rings (SSSR count). The topological polar surface area (TPSA) is 229 Å². The highest BCUT2D eigenvalue weighted by atomic mass is 16.6. The number of carbonyl (C=O) groups is 7. The first-order valence-electron chi connectivity index (χ1n) is 25.8. The van der Waals surface area contributed by atoms with Gasteiger partial charge in [0, 0.05) is 42.9 Å². The molecular weight excluding hydrogens is 953 g/mol. The van der Waals surface area contributed by atoms with Crippen LogP contribution in [0.4, 0.5) is 4.79 Å². The number of benzene rings is 4. The van der Waals surface area contributed by atoms with Crippen molar-refractivity contribution < 1.29 is 43.0 Å². The maximum Gasteiger partial charge on any atom is 0.407 e. The van der Waals surface area contributed by atoms with Crippen molar-refractivity contribution in [3.63, 3.8) is 0 Å². The van der Waals surface area contributed by atoms with E-state index in [1.54, 1.807) is 61.6 Å². The van der Waals surface area contributed by atoms with E-state index < -0.39 is 102 Å². The highest BCUT2D eigenvalue weighted by Crippen LogP contribution is 2.24. The van der Waals surface area contributed by atoms with Crippen LogP contribution in [0.15, 0.2) is 121 Å². The molecule has 5 aromatic rings. The van der Waals surface area contributed by atoms with E-state index in [4.69, 9.17) is 9.47 Å². The van der Waals surface area contributed by atoms with Crippen molar-refractivity contribution in [1.29, 1.82) is 0 Å². The van der Waals surface area contributed by atoms with Crippen LogP contribution < -0.4 is 31.9 Å². The van der Waals surface area contributed by atoms with Gasteiger partial charge in [-0.05, 0) is 103 Å². The number of fused-ring (bicyclic) bond motifs is 1. The Hall–Kier alpha value is -7.53. The van der Waals surface area contributed by atoms with Gasteiger partial charge in [-0.2, -0.15) is 0 Å². The van der Waals surface area contributed by atoms with Gasteiger partial charge in [0.15, 0.2) is 0 Å². The van der Waals surface area contributed by atoms with Crippen LogP contribution in [-0.2, 0) is 57.5 Å². The Kier molecular flexibility index (Phi) is 19.8. The lowest BCUT2D eigenvalue weighted by atomic mass is 9.99. The van der Waals surface area contributed by atoms with Crippen molar-refractivity contribution >= 4 is 52.4 Å². The summed E-state index contributed by atoms with van der Waals surface area (Å²) >= 11 is 0. The third kappa shape index (κ3) is 17.3. The minimum absolute atomic E-state index is 0.00703. The largest absolute Gasteiger partial charge is 0.444 e. The van der Waals surface area contributed by atoms with Crippen molar-refractivity contribution in [3.05, 3.63) is 144 Å². The summed E-state index contributed by atoms with van der Waals surface area (Å²) in [7, 11) is 0. The third-order valence-electron chi connectivity index (χ3n) is 12.7. The lowest BCUT2D eigenvalue weighted by Gasteiger charge is -2.35. The standard InChI is InChI=1S/C58H74N8O9/c1-37(41-26-16-11-17-27-41)66-36-49(67)61-46(32-39-22-12-9-13-23-39)52(69)63-47(34-42-35-60-44-29-19-18-28-43(42)44)53(70)62-45(30-20-21-31-59-56(73)75-58(6,7)8)51(68)65-50(38(2)74-57(3,4)5)54(71)64-48(55(66)72)33-40-24-14-10-15-25-40/h9-19,22-29,35,37-38,45-48,50,60H,20-21,30-34,36H2,1-8H3,(H,59,73)(H,61,67)(H,62,70)(H,63,69)(H,64,71)(H,65,68)/t37-,38+,45-,46-,47+,48-,50-/m0/s1. The molecule has 17 heteroatoms. The number of alkyl carbamates (subject to hydrolysis) is 1. The first-order chi connectivity index (χ1) is 35.6. The van der Waals surface area contributed by atoms with Crippen LogP contribution in [0.1, 0.15) is 103 Å². The summed E-state index contributed by atoms with van der Waals surface area (Å²) < 4.78 is 11.7. The zero-order valence-corrected chi connectivity index (χ0v) is 44.4. The second-order valence-electron chi connectivity index (χ2n) is 21.1. The summed E-state index contributed by atoms with van der Waals surface area (Å²) in [6.07, 6.45) is 0.899. The zero-order valence-electron chi connectivity index (χ0n) is 44.4. The quantitative estimate of drug-likeness (QED) is 0.0599. The molecule has 4 aromatic carbocycles. The Bertz CT molecular complexity index is 2720. The van der Waals surface area contributed by atoms with E-state index in [2.05, 4.69) is 36.9 Å². The third-order valence-corrected chi connectivity index (χ3v) is 12.7. The normalized spacial score (nSPS) is 20.6. The van der Waals surface area contributed by atoms with Gasteiger partial charge in [-0.25, -0.2) is 4.79 Å². The minimum Gasteiger partial charge on any atom is -0.444 e. The lowest BCUT2D eigenvalue weighted by Crippen LogP contribution is -2.63. The SMILES string of the molecule is C[C@@H](OC(C)(C)C)[C@@H]1NC(=O)[C@H](CCCCNC(=O)OC(C)(C)C)NC(=O)[C@@H](Cc2c[nH]c3ccccc23)NC(=O)[C@H](Cc2ccccc2)NC(=O)CN([C@@H](C)c2ccccc2)C(=O)[C@H](Cc2ccccc2)NC1=O. The first-order valence-corrected chi connectivity index (χ1v) is 25.8. The molecule has 0 aliphatic carbocycles. The Balaban J connectivity index is 1.45. The summed E-state index contributed by atoms with van der Waals surface area (Å²) in [4.78, 5) is 107.